The second-order valence-corrected chi connectivity index (χ2v) is 3.79. The Morgan fingerprint density at radius 3 is 2.95 bits per heavy atom. The van der Waals surface area contributed by atoms with Gasteiger partial charge in [0.2, 0.25) is 12.2 Å². The number of benzene rings is 1. The molecule has 8 heteroatoms. The largest absolute Gasteiger partial charge is 0.485 e. The van der Waals surface area contributed by atoms with E-state index in [1.54, 1.807) is 0 Å². The van der Waals surface area contributed by atoms with Crippen molar-refractivity contribution in [2.45, 2.75) is 19.6 Å². The van der Waals surface area contributed by atoms with Crippen molar-refractivity contribution in [2.75, 3.05) is 0 Å². The number of nitro groups is 1. The van der Waals surface area contributed by atoms with Crippen LogP contribution in [0.25, 0.3) is 0 Å². The van der Waals surface area contributed by atoms with Gasteiger partial charge < -0.3 is 14.4 Å². The summed E-state index contributed by atoms with van der Waals surface area (Å²) >= 11 is 0. The van der Waals surface area contributed by atoms with Crippen LogP contribution in [0.15, 0.2) is 29.1 Å². The van der Waals surface area contributed by atoms with E-state index in [9.17, 15) is 15.2 Å². The van der Waals surface area contributed by atoms with Gasteiger partial charge in [-0.25, -0.2) is 0 Å². The van der Waals surface area contributed by atoms with Gasteiger partial charge in [0.25, 0.3) is 5.69 Å². The van der Waals surface area contributed by atoms with E-state index in [-0.39, 0.29) is 12.3 Å². The molecule has 0 spiro atoms. The Bertz CT molecular complexity index is 568. The molecule has 0 amide bonds. The fourth-order valence-electron chi connectivity index (χ4n) is 1.51. The van der Waals surface area contributed by atoms with E-state index < -0.39 is 11.0 Å². The maximum Gasteiger partial charge on any atom is 0.270 e. The summed E-state index contributed by atoms with van der Waals surface area (Å²) in [6, 6.07) is 4.01. The molecule has 19 heavy (non-hydrogen) atoms. The van der Waals surface area contributed by atoms with Crippen molar-refractivity contribution in [1.82, 2.24) is 10.1 Å². The molecule has 8 nitrogen and oxygen atoms in total. The molecular weight excluding hydrogens is 254 g/mol. The topological polar surface area (TPSA) is 112 Å². The number of aromatic nitrogens is 2. The highest BCUT2D eigenvalue weighted by atomic mass is 16.6. The summed E-state index contributed by atoms with van der Waals surface area (Å²) in [5.41, 5.74) is 0.223. The van der Waals surface area contributed by atoms with E-state index in [1.807, 2.05) is 0 Å². The standard InChI is InChI=1S/C11H11N3O5/c1-7(15)9-4-8(14(16)17)2-3-10(9)18-5-11-12-6-19-13-11/h2-4,6-7,15H,5H2,1H3. The summed E-state index contributed by atoms with van der Waals surface area (Å²) < 4.78 is 9.96. The number of ether oxygens (including phenoxy) is 1. The first kappa shape index (κ1) is 13.0. The summed E-state index contributed by atoms with van der Waals surface area (Å²) in [6.45, 7) is 1.55. The zero-order chi connectivity index (χ0) is 13.8. The fraction of sp³-hybridized carbons (Fsp3) is 0.273. The average Bonchev–Trinajstić information content (AvgIpc) is 2.89. The molecule has 2 rings (SSSR count). The molecule has 0 saturated heterocycles. The highest BCUT2D eigenvalue weighted by Crippen LogP contribution is 2.29. The average molecular weight is 265 g/mol. The van der Waals surface area contributed by atoms with Crippen LogP contribution in [0.5, 0.6) is 5.75 Å². The number of hydrogen-bond donors (Lipinski definition) is 1. The molecule has 1 aromatic heterocycles. The van der Waals surface area contributed by atoms with Crippen LogP contribution in [0.3, 0.4) is 0 Å². The number of aliphatic hydroxyl groups is 1. The van der Waals surface area contributed by atoms with Gasteiger partial charge in [-0.05, 0) is 13.0 Å². The van der Waals surface area contributed by atoms with Crippen molar-refractivity contribution in [3.63, 3.8) is 0 Å². The molecular formula is C11H11N3O5. The number of non-ortho nitro benzene ring substituents is 1. The Morgan fingerprint density at radius 1 is 1.58 bits per heavy atom. The molecule has 100 valence electrons. The van der Waals surface area contributed by atoms with Crippen LogP contribution in [-0.4, -0.2) is 20.2 Å². The summed E-state index contributed by atoms with van der Waals surface area (Å²) in [4.78, 5) is 13.9. The quantitative estimate of drug-likeness (QED) is 0.645. The molecule has 1 aromatic carbocycles. The maximum atomic E-state index is 10.7. The van der Waals surface area contributed by atoms with Crippen molar-refractivity contribution in [2.24, 2.45) is 0 Å². The van der Waals surface area contributed by atoms with Crippen LogP contribution in [0.2, 0.25) is 0 Å². The summed E-state index contributed by atoms with van der Waals surface area (Å²) in [5.74, 6) is 0.681. The molecule has 0 radical (unpaired) electrons. The molecule has 0 aliphatic rings. The molecule has 1 atom stereocenters. The van der Waals surface area contributed by atoms with Crippen LogP contribution in [0.4, 0.5) is 5.69 Å². The van der Waals surface area contributed by atoms with Gasteiger partial charge in [0.05, 0.1) is 11.0 Å². The number of aliphatic hydroxyl groups excluding tert-OH is 1. The van der Waals surface area contributed by atoms with E-state index >= 15 is 0 Å². The molecule has 1 N–H and O–H groups in total. The van der Waals surface area contributed by atoms with Gasteiger partial charge in [0.15, 0.2) is 6.61 Å². The van der Waals surface area contributed by atoms with Gasteiger partial charge in [-0.1, -0.05) is 5.16 Å². The van der Waals surface area contributed by atoms with Crippen LogP contribution in [0.1, 0.15) is 24.4 Å². The van der Waals surface area contributed by atoms with E-state index in [2.05, 4.69) is 14.7 Å². The number of rotatable bonds is 5. The predicted molar refractivity (Wildman–Crippen MR) is 62.4 cm³/mol. The Balaban J connectivity index is 2.21. The Kier molecular flexibility index (Phi) is 3.71. The third-order valence-electron chi connectivity index (χ3n) is 2.42. The molecule has 1 unspecified atom stereocenters. The molecule has 0 fully saturated rings. The van der Waals surface area contributed by atoms with Crippen LogP contribution >= 0.6 is 0 Å². The third-order valence-corrected chi connectivity index (χ3v) is 2.42. The highest BCUT2D eigenvalue weighted by Gasteiger charge is 2.15. The molecule has 0 bridgehead atoms. The molecule has 1 heterocycles. The highest BCUT2D eigenvalue weighted by molar-refractivity contribution is 5.44. The lowest BCUT2D eigenvalue weighted by molar-refractivity contribution is -0.385. The molecule has 0 saturated carbocycles. The lowest BCUT2D eigenvalue weighted by Crippen LogP contribution is -2.03. The Labute approximate surface area is 107 Å². The van der Waals surface area contributed by atoms with Gasteiger partial charge in [-0.3, -0.25) is 10.1 Å². The summed E-state index contributed by atoms with van der Waals surface area (Å²) in [6.07, 6.45) is 0.282. The second-order valence-electron chi connectivity index (χ2n) is 3.79. The molecule has 2 aromatic rings. The number of nitrogens with zero attached hydrogens (tertiary/aromatic N) is 3. The minimum Gasteiger partial charge on any atom is -0.485 e. The predicted octanol–water partition coefficient (Wildman–Crippen LogP) is 1.61. The first-order chi connectivity index (χ1) is 9.08. The van der Waals surface area contributed by atoms with Gasteiger partial charge in [-0.15, -0.1) is 0 Å². The SMILES string of the molecule is CC(O)c1cc([N+](=O)[O-])ccc1OCc1ncon1. The summed E-state index contributed by atoms with van der Waals surface area (Å²) in [5, 5.41) is 23.9. The minimum absolute atomic E-state index is 0.0496. The zero-order valence-corrected chi connectivity index (χ0v) is 10.0. The van der Waals surface area contributed by atoms with Crippen molar-refractivity contribution in [1.29, 1.82) is 0 Å². The second kappa shape index (κ2) is 5.44. The first-order valence-electron chi connectivity index (χ1n) is 5.42. The minimum atomic E-state index is -0.889. The smallest absolute Gasteiger partial charge is 0.270 e. The normalized spacial score (nSPS) is 12.1. The van der Waals surface area contributed by atoms with E-state index in [0.29, 0.717) is 17.1 Å². The van der Waals surface area contributed by atoms with Gasteiger partial charge in [0, 0.05) is 17.7 Å². The summed E-state index contributed by atoms with van der Waals surface area (Å²) in [7, 11) is 0. The monoisotopic (exact) mass is 265 g/mol. The number of nitro benzene ring substituents is 1. The van der Waals surface area contributed by atoms with Gasteiger partial charge >= 0.3 is 0 Å². The Morgan fingerprint density at radius 2 is 2.37 bits per heavy atom. The van der Waals surface area contributed by atoms with Gasteiger partial charge in [-0.2, -0.15) is 4.98 Å². The van der Waals surface area contributed by atoms with Crippen molar-refractivity contribution < 1.29 is 19.3 Å². The van der Waals surface area contributed by atoms with E-state index in [1.165, 1.54) is 31.5 Å². The lowest BCUT2D eigenvalue weighted by atomic mass is 10.1. The lowest BCUT2D eigenvalue weighted by Gasteiger charge is -2.12. The van der Waals surface area contributed by atoms with Crippen LogP contribution < -0.4 is 4.74 Å². The van der Waals surface area contributed by atoms with Crippen molar-refractivity contribution in [3.05, 3.63) is 46.1 Å². The zero-order valence-electron chi connectivity index (χ0n) is 10.0. The number of hydrogen-bond acceptors (Lipinski definition) is 7. The van der Waals surface area contributed by atoms with Crippen molar-refractivity contribution in [3.8, 4) is 5.75 Å². The maximum absolute atomic E-state index is 10.7. The van der Waals surface area contributed by atoms with E-state index in [4.69, 9.17) is 4.74 Å². The van der Waals surface area contributed by atoms with E-state index in [0.717, 1.165) is 0 Å². The molecule has 0 aliphatic carbocycles. The fourth-order valence-corrected chi connectivity index (χ4v) is 1.51. The van der Waals surface area contributed by atoms with Crippen LogP contribution in [-0.2, 0) is 6.61 Å². The van der Waals surface area contributed by atoms with Gasteiger partial charge in [0.1, 0.15) is 5.75 Å². The van der Waals surface area contributed by atoms with Crippen LogP contribution in [0, 0.1) is 10.1 Å². The Hall–Kier alpha value is -2.48. The van der Waals surface area contributed by atoms with Crippen molar-refractivity contribution >= 4 is 5.69 Å². The third kappa shape index (κ3) is 3.05. The first-order valence-corrected chi connectivity index (χ1v) is 5.42. The molecule has 0 aliphatic heterocycles.